The van der Waals surface area contributed by atoms with Gasteiger partial charge in [0.1, 0.15) is 18.1 Å². The number of anilines is 2. The molecule has 0 aliphatic heterocycles. The molecule has 0 aliphatic rings. The van der Waals surface area contributed by atoms with Crippen LogP contribution in [0.5, 0.6) is 0 Å². The molecule has 0 radical (unpaired) electrons. The molecule has 3 heterocycles. The maximum absolute atomic E-state index is 13.9. The third-order valence-corrected chi connectivity index (χ3v) is 4.46. The molecule has 0 spiro atoms. The van der Waals surface area contributed by atoms with Gasteiger partial charge in [-0.25, -0.2) is 23.3 Å². The summed E-state index contributed by atoms with van der Waals surface area (Å²) in [5, 5.41) is 9.84. The van der Waals surface area contributed by atoms with Gasteiger partial charge in [0.25, 0.3) is 0 Å². The average molecular weight is 410 g/mol. The molecule has 0 aliphatic carbocycles. The summed E-state index contributed by atoms with van der Waals surface area (Å²) < 4.78 is 21.3. The van der Waals surface area contributed by atoms with Gasteiger partial charge in [0.15, 0.2) is 5.65 Å². The summed E-state index contributed by atoms with van der Waals surface area (Å²) in [6.07, 6.45) is 1.51. The van der Waals surface area contributed by atoms with E-state index in [2.05, 4.69) is 20.7 Å². The minimum Gasteiger partial charge on any atom is -0.467 e. The quantitative estimate of drug-likeness (QED) is 0.505. The Morgan fingerprint density at radius 3 is 2.80 bits per heavy atom. The summed E-state index contributed by atoms with van der Waals surface area (Å²) >= 11 is 0. The minimum atomic E-state index is -0.541. The number of hydrogen-bond acceptors (Lipinski definition) is 6. The molecule has 3 aromatic heterocycles. The molecule has 1 amide bonds. The maximum Gasteiger partial charge on any atom is 0.353 e. The Hall–Kier alpha value is -3.95. The number of furan rings is 1. The summed E-state index contributed by atoms with van der Waals surface area (Å²) in [4.78, 5) is 29.4. The first kappa shape index (κ1) is 19.4. The van der Waals surface area contributed by atoms with Crippen LogP contribution in [0.1, 0.15) is 17.0 Å². The standard InChI is InChI=1S/C20H19FN6O3/c1-12-5-6-14(9-16(12)21)24-19-23-13(2)8-17-25-26(20(29)27(17)19)11-18(28)22-10-15-4-3-7-30-15/h3-9H,10-11H2,1-2H3,(H,22,28)(H,23,24). The predicted molar refractivity (Wildman–Crippen MR) is 107 cm³/mol. The van der Waals surface area contributed by atoms with E-state index in [1.807, 2.05) is 0 Å². The van der Waals surface area contributed by atoms with Gasteiger partial charge in [-0.1, -0.05) is 6.07 Å². The van der Waals surface area contributed by atoms with E-state index in [1.165, 1.54) is 16.7 Å². The van der Waals surface area contributed by atoms with Gasteiger partial charge in [-0.05, 0) is 43.7 Å². The van der Waals surface area contributed by atoms with Crippen LogP contribution < -0.4 is 16.3 Å². The molecule has 9 nitrogen and oxygen atoms in total. The third kappa shape index (κ3) is 3.93. The van der Waals surface area contributed by atoms with Gasteiger partial charge in [0.05, 0.1) is 12.8 Å². The number of hydrogen-bond donors (Lipinski definition) is 2. The van der Waals surface area contributed by atoms with E-state index in [0.29, 0.717) is 28.4 Å². The van der Waals surface area contributed by atoms with E-state index in [-0.39, 0.29) is 24.9 Å². The molecule has 30 heavy (non-hydrogen) atoms. The topological polar surface area (TPSA) is 106 Å². The zero-order valence-corrected chi connectivity index (χ0v) is 16.3. The minimum absolute atomic E-state index is 0.181. The van der Waals surface area contributed by atoms with Crippen LogP contribution in [0.2, 0.25) is 0 Å². The van der Waals surface area contributed by atoms with Crippen molar-refractivity contribution >= 4 is 23.2 Å². The van der Waals surface area contributed by atoms with Crippen molar-refractivity contribution < 1.29 is 13.6 Å². The number of fused-ring (bicyclic) bond motifs is 1. The Labute approximate surface area is 170 Å². The number of nitrogens with zero attached hydrogens (tertiary/aromatic N) is 4. The van der Waals surface area contributed by atoms with E-state index in [0.717, 1.165) is 4.68 Å². The highest BCUT2D eigenvalue weighted by molar-refractivity contribution is 5.75. The molecule has 10 heteroatoms. The Morgan fingerprint density at radius 1 is 1.23 bits per heavy atom. The summed E-state index contributed by atoms with van der Waals surface area (Å²) in [6, 6.07) is 9.71. The van der Waals surface area contributed by atoms with Crippen LogP contribution in [0.4, 0.5) is 16.0 Å². The summed E-state index contributed by atoms with van der Waals surface area (Å²) in [6.45, 7) is 3.35. The monoisotopic (exact) mass is 410 g/mol. The van der Waals surface area contributed by atoms with Crippen molar-refractivity contribution in [2.24, 2.45) is 0 Å². The maximum atomic E-state index is 13.9. The number of carbonyl (C=O) groups is 1. The van der Waals surface area contributed by atoms with Crippen molar-refractivity contribution in [3.8, 4) is 0 Å². The fourth-order valence-electron chi connectivity index (χ4n) is 2.93. The van der Waals surface area contributed by atoms with E-state index in [1.54, 1.807) is 44.2 Å². The lowest BCUT2D eigenvalue weighted by molar-refractivity contribution is -0.122. The molecule has 2 N–H and O–H groups in total. The fraction of sp³-hybridized carbons (Fsp3) is 0.200. The first-order valence-corrected chi connectivity index (χ1v) is 9.20. The molecular weight excluding hydrogens is 391 g/mol. The van der Waals surface area contributed by atoms with Gasteiger partial charge < -0.3 is 15.1 Å². The van der Waals surface area contributed by atoms with E-state index in [4.69, 9.17) is 4.42 Å². The molecule has 0 saturated heterocycles. The third-order valence-electron chi connectivity index (χ3n) is 4.46. The Bertz CT molecular complexity index is 1280. The van der Waals surface area contributed by atoms with Crippen LogP contribution >= 0.6 is 0 Å². The molecule has 0 unspecified atom stereocenters. The van der Waals surface area contributed by atoms with Gasteiger partial charge in [0, 0.05) is 17.4 Å². The zero-order valence-electron chi connectivity index (χ0n) is 16.3. The summed E-state index contributed by atoms with van der Waals surface area (Å²) in [5.74, 6) is 0.0136. The lowest BCUT2D eigenvalue weighted by Crippen LogP contribution is -2.32. The van der Waals surface area contributed by atoms with E-state index in [9.17, 15) is 14.0 Å². The fourth-order valence-corrected chi connectivity index (χ4v) is 2.93. The number of amides is 1. The molecule has 0 atom stereocenters. The van der Waals surface area contributed by atoms with Crippen LogP contribution in [-0.2, 0) is 17.9 Å². The molecule has 154 valence electrons. The summed E-state index contributed by atoms with van der Waals surface area (Å²) in [7, 11) is 0. The lowest BCUT2D eigenvalue weighted by atomic mass is 10.2. The highest BCUT2D eigenvalue weighted by Gasteiger charge is 2.16. The van der Waals surface area contributed by atoms with Crippen LogP contribution in [-0.4, -0.2) is 25.1 Å². The number of carbonyl (C=O) groups excluding carboxylic acids is 1. The molecule has 0 saturated carbocycles. The number of aromatic nitrogens is 4. The normalized spacial score (nSPS) is 11.0. The largest absolute Gasteiger partial charge is 0.467 e. The van der Waals surface area contributed by atoms with Gasteiger partial charge >= 0.3 is 5.69 Å². The summed E-state index contributed by atoms with van der Waals surface area (Å²) in [5.41, 5.74) is 1.33. The molecule has 0 fully saturated rings. The second-order valence-electron chi connectivity index (χ2n) is 6.80. The SMILES string of the molecule is Cc1cc2nn(CC(=O)NCc3ccco3)c(=O)n2c(Nc2ccc(C)c(F)c2)n1. The number of nitrogens with one attached hydrogen (secondary N) is 2. The second kappa shape index (κ2) is 7.82. The van der Waals surface area contributed by atoms with Gasteiger partial charge in [0.2, 0.25) is 11.9 Å². The van der Waals surface area contributed by atoms with Gasteiger partial charge in [-0.3, -0.25) is 4.79 Å². The van der Waals surface area contributed by atoms with Gasteiger partial charge in [-0.15, -0.1) is 5.10 Å². The number of aryl methyl sites for hydroxylation is 2. The van der Waals surface area contributed by atoms with Crippen molar-refractivity contribution in [1.29, 1.82) is 0 Å². The van der Waals surface area contributed by atoms with Gasteiger partial charge in [-0.2, -0.15) is 0 Å². The smallest absolute Gasteiger partial charge is 0.353 e. The van der Waals surface area contributed by atoms with E-state index < -0.39 is 11.6 Å². The van der Waals surface area contributed by atoms with Crippen molar-refractivity contribution in [3.05, 3.63) is 76.0 Å². The first-order valence-electron chi connectivity index (χ1n) is 9.20. The Morgan fingerprint density at radius 2 is 2.07 bits per heavy atom. The van der Waals surface area contributed by atoms with Crippen molar-refractivity contribution in [2.45, 2.75) is 26.9 Å². The highest BCUT2D eigenvalue weighted by Crippen LogP contribution is 2.18. The van der Waals surface area contributed by atoms with Crippen molar-refractivity contribution in [3.63, 3.8) is 0 Å². The Balaban J connectivity index is 1.61. The predicted octanol–water partition coefficient (Wildman–Crippen LogP) is 2.30. The lowest BCUT2D eigenvalue weighted by Gasteiger charge is -2.08. The number of rotatable bonds is 6. The van der Waals surface area contributed by atoms with Crippen molar-refractivity contribution in [2.75, 3.05) is 5.32 Å². The molecule has 1 aromatic carbocycles. The van der Waals surface area contributed by atoms with Crippen LogP contribution in [0.3, 0.4) is 0 Å². The highest BCUT2D eigenvalue weighted by atomic mass is 19.1. The molecule has 4 aromatic rings. The zero-order chi connectivity index (χ0) is 21.3. The average Bonchev–Trinajstić information content (AvgIpc) is 3.31. The van der Waals surface area contributed by atoms with Crippen LogP contribution in [0, 0.1) is 19.7 Å². The number of benzene rings is 1. The van der Waals surface area contributed by atoms with Crippen LogP contribution in [0.15, 0.2) is 51.9 Å². The molecule has 4 rings (SSSR count). The Kier molecular flexibility index (Phi) is 5.05. The van der Waals surface area contributed by atoms with Crippen molar-refractivity contribution in [1.82, 2.24) is 24.5 Å². The van der Waals surface area contributed by atoms with Crippen LogP contribution in [0.25, 0.3) is 5.65 Å². The number of halogens is 1. The molecule has 0 bridgehead atoms. The first-order chi connectivity index (χ1) is 14.4. The molecular formula is C20H19FN6O3. The second-order valence-corrected chi connectivity index (χ2v) is 6.80. The van der Waals surface area contributed by atoms with E-state index >= 15 is 0 Å².